The summed E-state index contributed by atoms with van der Waals surface area (Å²) >= 11 is 9.35. The molecule has 3 rings (SSSR count). The fourth-order valence-corrected chi connectivity index (χ4v) is 4.13. The van der Waals surface area contributed by atoms with Crippen molar-refractivity contribution in [3.05, 3.63) is 51.5 Å². The Labute approximate surface area is 177 Å². The summed E-state index contributed by atoms with van der Waals surface area (Å²) in [4.78, 5) is 35.9. The van der Waals surface area contributed by atoms with Crippen LogP contribution in [0.1, 0.15) is 12.2 Å². The van der Waals surface area contributed by atoms with Crippen molar-refractivity contribution in [2.75, 3.05) is 0 Å². The fourth-order valence-electron chi connectivity index (χ4n) is 2.53. The molecule has 0 bridgehead atoms. The molecule has 1 atom stereocenters. The van der Waals surface area contributed by atoms with Gasteiger partial charge in [-0.2, -0.15) is 0 Å². The Morgan fingerprint density at radius 1 is 1.21 bits per heavy atom. The minimum atomic E-state index is -1.56. The van der Waals surface area contributed by atoms with Crippen molar-refractivity contribution in [2.24, 2.45) is 0 Å². The first kappa shape index (κ1) is 20.3. The zero-order chi connectivity index (χ0) is 20.4. The molecule has 7 nitrogen and oxygen atoms in total. The van der Waals surface area contributed by atoms with Crippen molar-refractivity contribution < 1.29 is 29.0 Å². The summed E-state index contributed by atoms with van der Waals surface area (Å²) in [7, 11) is 0. The molecule has 1 aromatic heterocycles. The number of hydrogen-bond donors (Lipinski definition) is 2. The van der Waals surface area contributed by atoms with E-state index >= 15 is 0 Å². The van der Waals surface area contributed by atoms with E-state index in [0.717, 1.165) is 26.7 Å². The molecule has 0 unspecified atom stereocenters. The number of carboxylic acid groups (broad SMARTS) is 2. The number of nitrogens with zero attached hydrogens (tertiary/aromatic N) is 1. The van der Waals surface area contributed by atoms with E-state index < -0.39 is 30.3 Å². The number of thiocarbonyl (C=S) groups is 1. The summed E-state index contributed by atoms with van der Waals surface area (Å²) in [5.41, 5.74) is 0.850. The fraction of sp³-hybridized carbons (Fsp3) is 0.111. The van der Waals surface area contributed by atoms with Gasteiger partial charge in [-0.25, -0.2) is 4.79 Å². The SMILES string of the molecule is O=C(O)C[C@H](C(=O)O)N1C(=O)/C(=C/c2ccc(-c3ccc(Br)cc3)o2)SC1=S. The molecule has 10 heteroatoms. The molecule has 1 amide bonds. The quantitative estimate of drug-likeness (QED) is 0.473. The van der Waals surface area contributed by atoms with Crippen LogP contribution in [-0.4, -0.2) is 43.3 Å². The Hall–Kier alpha value is -2.43. The molecule has 0 spiro atoms. The number of aliphatic carboxylic acids is 2. The lowest BCUT2D eigenvalue weighted by Crippen LogP contribution is -2.45. The number of carboxylic acids is 2. The third kappa shape index (κ3) is 4.34. The normalized spacial score (nSPS) is 16.6. The Balaban J connectivity index is 1.85. The largest absolute Gasteiger partial charge is 0.481 e. The zero-order valence-electron chi connectivity index (χ0n) is 14.0. The van der Waals surface area contributed by atoms with E-state index in [1.165, 1.54) is 6.08 Å². The van der Waals surface area contributed by atoms with Crippen molar-refractivity contribution in [1.82, 2.24) is 4.90 Å². The number of benzene rings is 1. The van der Waals surface area contributed by atoms with Crippen LogP contribution in [0.25, 0.3) is 17.4 Å². The molecule has 2 heterocycles. The molecule has 0 radical (unpaired) electrons. The molecular formula is C18H12BrNO6S2. The summed E-state index contributed by atoms with van der Waals surface area (Å²) in [5, 5.41) is 18.2. The van der Waals surface area contributed by atoms with Crippen LogP contribution in [0.15, 0.2) is 50.2 Å². The molecule has 28 heavy (non-hydrogen) atoms. The molecule has 2 N–H and O–H groups in total. The van der Waals surface area contributed by atoms with Crippen molar-refractivity contribution in [3.8, 4) is 11.3 Å². The maximum absolute atomic E-state index is 12.6. The Morgan fingerprint density at radius 3 is 2.50 bits per heavy atom. The van der Waals surface area contributed by atoms with Gasteiger partial charge in [-0.1, -0.05) is 52.0 Å². The molecule has 0 saturated carbocycles. The molecule has 1 aliphatic rings. The van der Waals surface area contributed by atoms with Gasteiger partial charge < -0.3 is 14.6 Å². The van der Waals surface area contributed by atoms with E-state index in [4.69, 9.17) is 21.7 Å². The molecule has 1 saturated heterocycles. The Morgan fingerprint density at radius 2 is 1.89 bits per heavy atom. The first-order valence-corrected chi connectivity index (χ1v) is 9.85. The van der Waals surface area contributed by atoms with Gasteiger partial charge in [0.25, 0.3) is 5.91 Å². The summed E-state index contributed by atoms with van der Waals surface area (Å²) in [6.07, 6.45) is 0.713. The van der Waals surface area contributed by atoms with Crippen LogP contribution in [0.2, 0.25) is 0 Å². The average molecular weight is 482 g/mol. The summed E-state index contributed by atoms with van der Waals surface area (Å²) in [6, 6.07) is 9.35. The predicted molar refractivity (Wildman–Crippen MR) is 111 cm³/mol. The second-order valence-corrected chi connectivity index (χ2v) is 8.30. The third-order valence-corrected chi connectivity index (χ3v) is 5.68. The van der Waals surface area contributed by atoms with Gasteiger partial charge in [0.05, 0.1) is 11.3 Å². The number of rotatable bonds is 6. The predicted octanol–water partition coefficient (Wildman–Crippen LogP) is 3.84. The van der Waals surface area contributed by atoms with E-state index in [-0.39, 0.29) is 9.23 Å². The third-order valence-electron chi connectivity index (χ3n) is 3.82. The smallest absolute Gasteiger partial charge is 0.327 e. The number of amides is 1. The van der Waals surface area contributed by atoms with Crippen LogP contribution in [0.3, 0.4) is 0 Å². The molecule has 2 aromatic rings. The second-order valence-electron chi connectivity index (χ2n) is 5.71. The lowest BCUT2D eigenvalue weighted by molar-refractivity contribution is -0.150. The number of thioether (sulfide) groups is 1. The Kier molecular flexibility index (Phi) is 6.01. The van der Waals surface area contributed by atoms with Crippen LogP contribution < -0.4 is 0 Å². The standard InChI is InChI=1S/C18H12BrNO6S2/c19-10-3-1-9(2-4-10)13-6-5-11(26-13)7-14-16(23)20(18(27)28-14)12(17(24)25)8-15(21)22/h1-7,12H,8H2,(H,21,22)(H,24,25)/b14-7-/t12-/m1/s1. The highest BCUT2D eigenvalue weighted by Crippen LogP contribution is 2.35. The lowest BCUT2D eigenvalue weighted by atomic mass is 10.2. The van der Waals surface area contributed by atoms with E-state index in [2.05, 4.69) is 15.9 Å². The molecule has 0 aliphatic carbocycles. The summed E-state index contributed by atoms with van der Waals surface area (Å²) in [5.74, 6) is -2.44. The number of carbonyl (C=O) groups excluding carboxylic acids is 1. The number of carbonyl (C=O) groups is 3. The van der Waals surface area contributed by atoms with Gasteiger partial charge in [0, 0.05) is 16.1 Å². The second kappa shape index (κ2) is 8.29. The van der Waals surface area contributed by atoms with Gasteiger partial charge in [-0.05, 0) is 24.3 Å². The van der Waals surface area contributed by atoms with Gasteiger partial charge in [0.2, 0.25) is 0 Å². The van der Waals surface area contributed by atoms with Gasteiger partial charge in [0.15, 0.2) is 0 Å². The number of furan rings is 1. The van der Waals surface area contributed by atoms with Crippen LogP contribution in [-0.2, 0) is 14.4 Å². The van der Waals surface area contributed by atoms with E-state index in [1.807, 2.05) is 24.3 Å². The lowest BCUT2D eigenvalue weighted by Gasteiger charge is -2.21. The van der Waals surface area contributed by atoms with Crippen LogP contribution in [0.5, 0.6) is 0 Å². The summed E-state index contributed by atoms with van der Waals surface area (Å²) in [6.45, 7) is 0. The van der Waals surface area contributed by atoms with Crippen molar-refractivity contribution in [3.63, 3.8) is 0 Å². The highest BCUT2D eigenvalue weighted by molar-refractivity contribution is 9.10. The van der Waals surface area contributed by atoms with Crippen LogP contribution in [0.4, 0.5) is 0 Å². The van der Waals surface area contributed by atoms with Gasteiger partial charge >= 0.3 is 11.9 Å². The minimum Gasteiger partial charge on any atom is -0.481 e. The number of halogens is 1. The average Bonchev–Trinajstić information content (AvgIpc) is 3.19. The maximum atomic E-state index is 12.6. The molecule has 144 valence electrons. The van der Waals surface area contributed by atoms with Crippen molar-refractivity contribution >= 4 is 68.2 Å². The first-order chi connectivity index (χ1) is 13.3. The molecular weight excluding hydrogens is 470 g/mol. The molecule has 1 aromatic carbocycles. The van der Waals surface area contributed by atoms with E-state index in [9.17, 15) is 19.5 Å². The summed E-state index contributed by atoms with van der Waals surface area (Å²) < 4.78 is 6.66. The van der Waals surface area contributed by atoms with Gasteiger partial charge in [-0.3, -0.25) is 14.5 Å². The van der Waals surface area contributed by atoms with Crippen LogP contribution >= 0.6 is 39.9 Å². The van der Waals surface area contributed by atoms with Crippen LogP contribution in [0, 0.1) is 0 Å². The highest BCUT2D eigenvalue weighted by atomic mass is 79.9. The molecule has 1 fully saturated rings. The first-order valence-electron chi connectivity index (χ1n) is 7.83. The van der Waals surface area contributed by atoms with Gasteiger partial charge in [0.1, 0.15) is 21.9 Å². The van der Waals surface area contributed by atoms with E-state index in [1.54, 1.807) is 12.1 Å². The van der Waals surface area contributed by atoms with Crippen molar-refractivity contribution in [1.29, 1.82) is 0 Å². The maximum Gasteiger partial charge on any atom is 0.327 e. The monoisotopic (exact) mass is 481 g/mol. The number of hydrogen-bond acceptors (Lipinski definition) is 6. The molecule has 1 aliphatic heterocycles. The zero-order valence-corrected chi connectivity index (χ0v) is 17.2. The van der Waals surface area contributed by atoms with Gasteiger partial charge in [-0.15, -0.1) is 0 Å². The van der Waals surface area contributed by atoms with E-state index in [0.29, 0.717) is 11.5 Å². The topological polar surface area (TPSA) is 108 Å². The Bertz CT molecular complexity index is 998. The minimum absolute atomic E-state index is 0.00964. The van der Waals surface area contributed by atoms with Crippen molar-refractivity contribution in [2.45, 2.75) is 12.5 Å². The highest BCUT2D eigenvalue weighted by Gasteiger charge is 2.41.